The lowest BCUT2D eigenvalue weighted by molar-refractivity contribution is -0.137. The van der Waals surface area contributed by atoms with Crippen LogP contribution in [0.1, 0.15) is 11.1 Å². The van der Waals surface area contributed by atoms with Crippen molar-refractivity contribution in [1.82, 2.24) is 0 Å². The highest BCUT2D eigenvalue weighted by molar-refractivity contribution is 9.10. The van der Waals surface area contributed by atoms with Crippen LogP contribution in [0.3, 0.4) is 0 Å². The number of benzene rings is 1. The van der Waals surface area contributed by atoms with Crippen molar-refractivity contribution in [2.24, 2.45) is 5.73 Å². The zero-order valence-corrected chi connectivity index (χ0v) is 8.41. The summed E-state index contributed by atoms with van der Waals surface area (Å²) >= 11 is 2.70. The average molecular weight is 272 g/mol. The fourth-order valence-corrected chi connectivity index (χ4v) is 1.46. The first kappa shape index (κ1) is 11.5. The summed E-state index contributed by atoms with van der Waals surface area (Å²) in [6.45, 7) is -0.269. The molecule has 0 amide bonds. The second-order valence-corrected chi connectivity index (χ2v) is 3.49. The fraction of sp³-hybridized carbons (Fsp3) is 0.250. The average Bonchev–Trinajstić information content (AvgIpc) is 2.07. The van der Waals surface area contributed by atoms with E-state index in [0.717, 1.165) is 0 Å². The molecule has 0 aromatic heterocycles. The van der Waals surface area contributed by atoms with Gasteiger partial charge in [-0.25, -0.2) is 4.39 Å². The van der Waals surface area contributed by atoms with Gasteiger partial charge in [0, 0.05) is 12.1 Å². The van der Waals surface area contributed by atoms with E-state index in [-0.39, 0.29) is 16.6 Å². The predicted molar refractivity (Wildman–Crippen MR) is 47.0 cm³/mol. The summed E-state index contributed by atoms with van der Waals surface area (Å²) in [4.78, 5) is 0. The highest BCUT2D eigenvalue weighted by atomic mass is 79.9. The zero-order chi connectivity index (χ0) is 10.9. The minimum atomic E-state index is -4.49. The highest BCUT2D eigenvalue weighted by Gasteiger charge is 2.31. The fourth-order valence-electron chi connectivity index (χ4n) is 0.958. The summed E-state index contributed by atoms with van der Waals surface area (Å²) < 4.78 is 49.5. The summed E-state index contributed by atoms with van der Waals surface area (Å²) in [5, 5.41) is 0. The maximum atomic E-state index is 13.1. The normalized spacial score (nSPS) is 11.9. The molecule has 0 saturated heterocycles. The third-order valence-corrected chi connectivity index (χ3v) is 2.23. The third-order valence-electron chi connectivity index (χ3n) is 1.65. The smallest absolute Gasteiger partial charge is 0.326 e. The number of halogens is 5. The molecule has 1 aromatic rings. The van der Waals surface area contributed by atoms with Crippen LogP contribution in [0.2, 0.25) is 0 Å². The Hall–Kier alpha value is -0.620. The highest BCUT2D eigenvalue weighted by Crippen LogP contribution is 2.33. The van der Waals surface area contributed by atoms with E-state index in [2.05, 4.69) is 15.9 Å². The second-order valence-electron chi connectivity index (χ2n) is 2.63. The number of alkyl halides is 3. The molecule has 1 nitrogen and oxygen atoms in total. The molecule has 0 spiro atoms. The molecule has 14 heavy (non-hydrogen) atoms. The lowest BCUT2D eigenvalue weighted by Crippen LogP contribution is -2.09. The first-order valence-electron chi connectivity index (χ1n) is 3.61. The van der Waals surface area contributed by atoms with Gasteiger partial charge in [0.2, 0.25) is 0 Å². The third kappa shape index (κ3) is 2.24. The van der Waals surface area contributed by atoms with Crippen LogP contribution < -0.4 is 5.73 Å². The number of rotatable bonds is 1. The molecule has 0 radical (unpaired) electrons. The molecular weight excluding hydrogens is 266 g/mol. The minimum absolute atomic E-state index is 0.160. The van der Waals surface area contributed by atoms with Gasteiger partial charge >= 0.3 is 6.18 Å². The second kappa shape index (κ2) is 3.86. The summed E-state index contributed by atoms with van der Waals surface area (Å²) in [7, 11) is 0. The van der Waals surface area contributed by atoms with Gasteiger partial charge in [0.05, 0.1) is 10.0 Å². The van der Waals surface area contributed by atoms with Gasteiger partial charge in [0.1, 0.15) is 5.82 Å². The standard InChI is InChI=1S/C8H6BrF4N/c9-6-2-5(8(11,12)13)1-4(3-14)7(6)10/h1-2H,3,14H2. The van der Waals surface area contributed by atoms with E-state index in [0.29, 0.717) is 12.1 Å². The Labute approximate surface area is 86.0 Å². The van der Waals surface area contributed by atoms with E-state index in [1.807, 2.05) is 0 Å². The Morgan fingerprint density at radius 2 is 1.86 bits per heavy atom. The molecule has 2 N–H and O–H groups in total. The van der Waals surface area contributed by atoms with Crippen molar-refractivity contribution in [2.75, 3.05) is 0 Å². The summed E-state index contributed by atoms with van der Waals surface area (Å²) in [5.74, 6) is -0.750. The Morgan fingerprint density at radius 1 is 1.29 bits per heavy atom. The summed E-state index contributed by atoms with van der Waals surface area (Å²) in [6.07, 6.45) is -4.49. The monoisotopic (exact) mass is 271 g/mol. The van der Waals surface area contributed by atoms with Crippen molar-refractivity contribution >= 4 is 15.9 Å². The van der Waals surface area contributed by atoms with Crippen molar-refractivity contribution in [3.05, 3.63) is 33.5 Å². The van der Waals surface area contributed by atoms with Crippen molar-refractivity contribution in [3.8, 4) is 0 Å². The maximum Gasteiger partial charge on any atom is 0.416 e. The quantitative estimate of drug-likeness (QED) is 0.781. The Bertz CT molecular complexity index is 348. The molecule has 0 atom stereocenters. The van der Waals surface area contributed by atoms with Crippen LogP contribution in [0.4, 0.5) is 17.6 Å². The molecule has 1 rings (SSSR count). The van der Waals surface area contributed by atoms with E-state index in [1.165, 1.54) is 0 Å². The largest absolute Gasteiger partial charge is 0.416 e. The summed E-state index contributed by atoms with van der Waals surface area (Å²) in [6, 6.07) is 1.40. The van der Waals surface area contributed by atoms with Gasteiger partial charge in [0.25, 0.3) is 0 Å². The molecule has 0 heterocycles. The Kier molecular flexibility index (Phi) is 3.16. The van der Waals surface area contributed by atoms with Crippen molar-refractivity contribution < 1.29 is 17.6 Å². The van der Waals surface area contributed by atoms with Crippen LogP contribution in [0.5, 0.6) is 0 Å². The van der Waals surface area contributed by atoms with Crippen LogP contribution in [0.15, 0.2) is 16.6 Å². The van der Waals surface area contributed by atoms with Crippen molar-refractivity contribution in [1.29, 1.82) is 0 Å². The topological polar surface area (TPSA) is 26.0 Å². The van der Waals surface area contributed by atoms with E-state index in [1.54, 1.807) is 0 Å². The van der Waals surface area contributed by atoms with E-state index in [4.69, 9.17) is 5.73 Å². The molecule has 0 aliphatic rings. The molecule has 0 unspecified atom stereocenters. The van der Waals surface area contributed by atoms with Gasteiger partial charge in [0.15, 0.2) is 0 Å². The van der Waals surface area contributed by atoms with E-state index in [9.17, 15) is 17.6 Å². The van der Waals surface area contributed by atoms with Crippen LogP contribution in [-0.4, -0.2) is 0 Å². The molecule has 0 bridgehead atoms. The molecule has 78 valence electrons. The van der Waals surface area contributed by atoms with E-state index < -0.39 is 17.6 Å². The van der Waals surface area contributed by atoms with Gasteiger partial charge in [-0.15, -0.1) is 0 Å². The SMILES string of the molecule is NCc1cc(C(F)(F)F)cc(Br)c1F. The molecule has 1 aromatic carbocycles. The van der Waals surface area contributed by atoms with Gasteiger partial charge < -0.3 is 5.73 Å². The predicted octanol–water partition coefficient (Wildman–Crippen LogP) is 3.07. The molecule has 0 fully saturated rings. The van der Waals surface area contributed by atoms with E-state index >= 15 is 0 Å². The molecule has 0 aliphatic carbocycles. The molecule has 0 saturated carbocycles. The van der Waals surface area contributed by atoms with Crippen LogP contribution >= 0.6 is 15.9 Å². The Morgan fingerprint density at radius 3 is 2.29 bits per heavy atom. The van der Waals surface area contributed by atoms with Crippen molar-refractivity contribution in [3.63, 3.8) is 0 Å². The lowest BCUT2D eigenvalue weighted by Gasteiger charge is -2.10. The van der Waals surface area contributed by atoms with Crippen LogP contribution in [-0.2, 0) is 12.7 Å². The maximum absolute atomic E-state index is 13.1. The number of nitrogens with two attached hydrogens (primary N) is 1. The first-order chi connectivity index (χ1) is 6.36. The Balaban J connectivity index is 3.30. The van der Waals surface area contributed by atoms with Gasteiger partial charge in [-0.3, -0.25) is 0 Å². The summed E-state index contributed by atoms with van der Waals surface area (Å²) in [5.41, 5.74) is 4.03. The van der Waals surface area contributed by atoms with Gasteiger partial charge in [-0.05, 0) is 28.1 Å². The van der Waals surface area contributed by atoms with Gasteiger partial charge in [-0.2, -0.15) is 13.2 Å². The molecule has 0 aliphatic heterocycles. The van der Waals surface area contributed by atoms with Gasteiger partial charge in [-0.1, -0.05) is 0 Å². The minimum Gasteiger partial charge on any atom is -0.326 e. The first-order valence-corrected chi connectivity index (χ1v) is 4.40. The number of hydrogen-bond donors (Lipinski definition) is 1. The lowest BCUT2D eigenvalue weighted by atomic mass is 10.1. The van der Waals surface area contributed by atoms with Crippen LogP contribution in [0.25, 0.3) is 0 Å². The number of hydrogen-bond acceptors (Lipinski definition) is 1. The molecular formula is C8H6BrF4N. The zero-order valence-electron chi connectivity index (χ0n) is 6.83. The van der Waals surface area contributed by atoms with Crippen molar-refractivity contribution in [2.45, 2.75) is 12.7 Å². The van der Waals surface area contributed by atoms with Crippen LogP contribution in [0, 0.1) is 5.82 Å². The molecule has 6 heteroatoms.